The maximum Gasteiger partial charge on any atom is 0.234 e. The Morgan fingerprint density at radius 3 is 2.43 bits per heavy atom. The minimum Gasteiger partial charge on any atom is -0.295 e. The van der Waals surface area contributed by atoms with E-state index in [4.69, 9.17) is 10.5 Å². The van der Waals surface area contributed by atoms with E-state index >= 15 is 0 Å². The summed E-state index contributed by atoms with van der Waals surface area (Å²) >= 11 is 0. The van der Waals surface area contributed by atoms with Crippen molar-refractivity contribution in [2.75, 3.05) is 13.1 Å². The van der Waals surface area contributed by atoms with Gasteiger partial charge in [-0.25, -0.2) is 9.97 Å². The lowest BCUT2D eigenvalue weighted by molar-refractivity contribution is 0.275. The van der Waals surface area contributed by atoms with E-state index in [1.807, 2.05) is 30.5 Å². The monoisotopic (exact) mass is 282 g/mol. The van der Waals surface area contributed by atoms with Crippen molar-refractivity contribution in [1.29, 1.82) is 10.5 Å². The Bertz CT molecular complexity index is 685. The summed E-state index contributed by atoms with van der Waals surface area (Å²) < 4.78 is 1.97. The zero-order valence-corrected chi connectivity index (χ0v) is 12.4. The van der Waals surface area contributed by atoms with Crippen molar-refractivity contribution in [1.82, 2.24) is 19.3 Å². The van der Waals surface area contributed by atoms with Crippen LogP contribution in [0.15, 0.2) is 12.3 Å². The van der Waals surface area contributed by atoms with Crippen molar-refractivity contribution >= 4 is 5.78 Å². The predicted octanol–water partition coefficient (Wildman–Crippen LogP) is 1.98. The number of aryl methyl sites for hydroxylation is 2. The molecule has 2 aromatic heterocycles. The van der Waals surface area contributed by atoms with E-state index in [0.29, 0.717) is 38.3 Å². The van der Waals surface area contributed by atoms with Crippen molar-refractivity contribution in [3.8, 4) is 12.1 Å². The van der Waals surface area contributed by atoms with Crippen molar-refractivity contribution in [2.45, 2.75) is 33.2 Å². The molecule has 0 N–H and O–H groups in total. The van der Waals surface area contributed by atoms with Gasteiger partial charge >= 0.3 is 0 Å². The highest BCUT2D eigenvalue weighted by Crippen LogP contribution is 2.10. The summed E-state index contributed by atoms with van der Waals surface area (Å²) in [6.45, 7) is 5.91. The number of aromatic nitrogens is 3. The first-order valence-electron chi connectivity index (χ1n) is 6.92. The fraction of sp³-hybridized carbons (Fsp3) is 0.467. The third kappa shape index (κ3) is 3.77. The van der Waals surface area contributed by atoms with Crippen molar-refractivity contribution in [2.24, 2.45) is 0 Å². The van der Waals surface area contributed by atoms with E-state index in [1.165, 1.54) is 0 Å². The predicted molar refractivity (Wildman–Crippen MR) is 78.2 cm³/mol. The molecule has 108 valence electrons. The zero-order valence-electron chi connectivity index (χ0n) is 12.4. The van der Waals surface area contributed by atoms with Crippen LogP contribution >= 0.6 is 0 Å². The Balaban J connectivity index is 2.18. The van der Waals surface area contributed by atoms with Crippen LogP contribution in [0, 0.1) is 36.5 Å². The van der Waals surface area contributed by atoms with Gasteiger partial charge in [-0.1, -0.05) is 0 Å². The van der Waals surface area contributed by atoms with Crippen molar-refractivity contribution in [3.63, 3.8) is 0 Å². The summed E-state index contributed by atoms with van der Waals surface area (Å²) in [7, 11) is 0. The molecule has 0 radical (unpaired) electrons. The molecule has 0 saturated carbocycles. The third-order valence-corrected chi connectivity index (χ3v) is 3.28. The Labute approximate surface area is 124 Å². The summed E-state index contributed by atoms with van der Waals surface area (Å²) in [5.41, 5.74) is 2.95. The van der Waals surface area contributed by atoms with Gasteiger partial charge in [-0.3, -0.25) is 9.30 Å². The second-order valence-corrected chi connectivity index (χ2v) is 5.03. The summed E-state index contributed by atoms with van der Waals surface area (Å²) in [5.74, 6) is 0.697. The highest BCUT2D eigenvalue weighted by molar-refractivity contribution is 5.34. The Morgan fingerprint density at radius 1 is 1.14 bits per heavy atom. The molecule has 0 aromatic carbocycles. The first-order valence-corrected chi connectivity index (χ1v) is 6.92. The van der Waals surface area contributed by atoms with Crippen LogP contribution in [0.5, 0.6) is 0 Å². The van der Waals surface area contributed by atoms with Gasteiger partial charge in [-0.05, 0) is 19.9 Å². The molecule has 0 aliphatic heterocycles. The molecule has 0 bridgehead atoms. The average Bonchev–Trinajstić information content (AvgIpc) is 2.84. The van der Waals surface area contributed by atoms with E-state index < -0.39 is 0 Å². The van der Waals surface area contributed by atoms with Gasteiger partial charge in [0, 0.05) is 50.1 Å². The van der Waals surface area contributed by atoms with Crippen LogP contribution in [0.25, 0.3) is 5.78 Å². The fourth-order valence-electron chi connectivity index (χ4n) is 2.31. The smallest absolute Gasteiger partial charge is 0.234 e. The van der Waals surface area contributed by atoms with Gasteiger partial charge in [-0.15, -0.1) is 0 Å². The van der Waals surface area contributed by atoms with E-state index in [2.05, 4.69) is 27.0 Å². The van der Waals surface area contributed by atoms with Crippen molar-refractivity contribution in [3.05, 3.63) is 29.3 Å². The van der Waals surface area contributed by atoms with Gasteiger partial charge in [-0.2, -0.15) is 10.5 Å². The van der Waals surface area contributed by atoms with Gasteiger partial charge in [0.05, 0.1) is 17.8 Å². The van der Waals surface area contributed by atoms with E-state index in [1.54, 1.807) is 0 Å². The van der Waals surface area contributed by atoms with Crippen LogP contribution in [-0.4, -0.2) is 32.4 Å². The molecule has 0 aliphatic rings. The lowest BCUT2D eigenvalue weighted by atomic mass is 10.3. The molecule has 0 atom stereocenters. The molecule has 0 amide bonds. The van der Waals surface area contributed by atoms with E-state index in [9.17, 15) is 0 Å². The maximum atomic E-state index is 8.72. The number of nitrogens with zero attached hydrogens (tertiary/aromatic N) is 6. The fourth-order valence-corrected chi connectivity index (χ4v) is 2.31. The molecule has 6 heteroatoms. The minimum absolute atomic E-state index is 0.454. The standard InChI is InChI=1S/C15H18N6/c1-12-9-13(2)21-11-14(19-15(21)18-12)10-20(7-3-5-16)8-4-6-17/h9,11H,3-4,7-8,10H2,1-2H3. The van der Waals surface area contributed by atoms with Gasteiger partial charge in [0.15, 0.2) is 0 Å². The van der Waals surface area contributed by atoms with E-state index in [-0.39, 0.29) is 0 Å². The number of fused-ring (bicyclic) bond motifs is 1. The molecule has 0 fully saturated rings. The molecule has 0 aliphatic carbocycles. The van der Waals surface area contributed by atoms with Gasteiger partial charge in [0.1, 0.15) is 0 Å². The minimum atomic E-state index is 0.454. The number of rotatable bonds is 6. The number of hydrogen-bond donors (Lipinski definition) is 0. The Hall–Kier alpha value is -2.44. The largest absolute Gasteiger partial charge is 0.295 e. The van der Waals surface area contributed by atoms with Gasteiger partial charge < -0.3 is 0 Å². The highest BCUT2D eigenvalue weighted by Gasteiger charge is 2.10. The van der Waals surface area contributed by atoms with Crippen LogP contribution in [0.4, 0.5) is 0 Å². The first kappa shape index (κ1) is 15.0. The molecule has 0 unspecified atom stereocenters. The third-order valence-electron chi connectivity index (χ3n) is 3.28. The molecule has 2 aromatic rings. The lowest BCUT2D eigenvalue weighted by Crippen LogP contribution is -2.25. The SMILES string of the molecule is Cc1cc(C)n2cc(CN(CCC#N)CCC#N)nc2n1. The van der Waals surface area contributed by atoms with Crippen LogP contribution < -0.4 is 0 Å². The molecular weight excluding hydrogens is 264 g/mol. The van der Waals surface area contributed by atoms with Crippen molar-refractivity contribution < 1.29 is 0 Å². The molecule has 21 heavy (non-hydrogen) atoms. The molecule has 0 saturated heterocycles. The molecule has 0 spiro atoms. The molecule has 2 rings (SSSR count). The van der Waals surface area contributed by atoms with Gasteiger partial charge in [0.25, 0.3) is 0 Å². The van der Waals surface area contributed by atoms with E-state index in [0.717, 1.165) is 17.1 Å². The van der Waals surface area contributed by atoms with Crippen LogP contribution in [0.3, 0.4) is 0 Å². The second-order valence-electron chi connectivity index (χ2n) is 5.03. The first-order chi connectivity index (χ1) is 10.1. The molecule has 6 nitrogen and oxygen atoms in total. The summed E-state index contributed by atoms with van der Waals surface area (Å²) in [4.78, 5) is 11.0. The Kier molecular flexibility index (Phi) is 4.86. The number of hydrogen-bond acceptors (Lipinski definition) is 5. The number of imidazole rings is 1. The summed E-state index contributed by atoms with van der Waals surface area (Å²) in [6.07, 6.45) is 2.88. The number of nitriles is 2. The molecule has 2 heterocycles. The molecular formula is C15H18N6. The van der Waals surface area contributed by atoms with Crippen LogP contribution in [0.2, 0.25) is 0 Å². The normalized spacial score (nSPS) is 10.7. The topological polar surface area (TPSA) is 81.0 Å². The Morgan fingerprint density at radius 2 is 1.81 bits per heavy atom. The van der Waals surface area contributed by atoms with Gasteiger partial charge in [0.2, 0.25) is 5.78 Å². The second kappa shape index (κ2) is 6.83. The lowest BCUT2D eigenvalue weighted by Gasteiger charge is -2.18. The maximum absolute atomic E-state index is 8.72. The van der Waals surface area contributed by atoms with Crippen LogP contribution in [0.1, 0.15) is 29.9 Å². The van der Waals surface area contributed by atoms with Crippen LogP contribution in [-0.2, 0) is 6.54 Å². The summed E-state index contributed by atoms with van der Waals surface area (Å²) in [5, 5.41) is 17.4. The quantitative estimate of drug-likeness (QED) is 0.809. The highest BCUT2D eigenvalue weighted by atomic mass is 15.2. The summed E-state index contributed by atoms with van der Waals surface area (Å²) in [6, 6.07) is 6.30. The zero-order chi connectivity index (χ0) is 15.2. The average molecular weight is 282 g/mol.